The van der Waals surface area contributed by atoms with Crippen LogP contribution in [0.5, 0.6) is 0 Å². The molecule has 5 heteroatoms. The van der Waals surface area contributed by atoms with Gasteiger partial charge in [0.15, 0.2) is 5.70 Å². The van der Waals surface area contributed by atoms with Gasteiger partial charge < -0.3 is 4.74 Å². The van der Waals surface area contributed by atoms with Gasteiger partial charge in [0.25, 0.3) is 0 Å². The third-order valence-electron chi connectivity index (χ3n) is 2.84. The van der Waals surface area contributed by atoms with Gasteiger partial charge >= 0.3 is 5.97 Å². The molecule has 2 aromatic rings. The van der Waals surface area contributed by atoms with E-state index >= 15 is 0 Å². The standard InChI is InChI=1S/C16H9ClFNO2/c17-12-5-1-3-10(7-12)8-14-16(20)21-15(19-14)11-4-2-6-13(18)9-11/h1-9H/b14-8-. The zero-order valence-electron chi connectivity index (χ0n) is 10.7. The highest BCUT2D eigenvalue weighted by Crippen LogP contribution is 2.20. The number of cyclic esters (lactones) is 1. The Labute approximate surface area is 125 Å². The first kappa shape index (κ1) is 13.5. The van der Waals surface area contributed by atoms with E-state index < -0.39 is 11.8 Å². The molecule has 104 valence electrons. The van der Waals surface area contributed by atoms with E-state index in [2.05, 4.69) is 4.99 Å². The third-order valence-corrected chi connectivity index (χ3v) is 3.08. The van der Waals surface area contributed by atoms with E-state index in [1.54, 1.807) is 36.4 Å². The Bertz CT molecular complexity index is 783. The fraction of sp³-hybridized carbons (Fsp3) is 0. The topological polar surface area (TPSA) is 38.7 Å². The molecule has 2 aromatic carbocycles. The molecule has 0 saturated heterocycles. The number of rotatable bonds is 2. The van der Waals surface area contributed by atoms with Crippen LogP contribution >= 0.6 is 11.6 Å². The van der Waals surface area contributed by atoms with Gasteiger partial charge in [0, 0.05) is 10.6 Å². The van der Waals surface area contributed by atoms with Gasteiger partial charge in [0.05, 0.1) is 0 Å². The minimum absolute atomic E-state index is 0.0905. The molecule has 3 rings (SSSR count). The number of carbonyl (C=O) groups is 1. The van der Waals surface area contributed by atoms with Gasteiger partial charge in [-0.1, -0.05) is 29.8 Å². The monoisotopic (exact) mass is 301 g/mol. The number of ether oxygens (including phenoxy) is 1. The van der Waals surface area contributed by atoms with Crippen LogP contribution in [0.25, 0.3) is 6.08 Å². The number of esters is 1. The number of halogens is 2. The van der Waals surface area contributed by atoms with E-state index in [1.165, 1.54) is 18.2 Å². The van der Waals surface area contributed by atoms with Crippen molar-refractivity contribution in [2.45, 2.75) is 0 Å². The number of hydrogen-bond donors (Lipinski definition) is 0. The van der Waals surface area contributed by atoms with Crippen molar-refractivity contribution in [2.24, 2.45) is 4.99 Å². The molecule has 0 unspecified atom stereocenters. The first-order valence-electron chi connectivity index (χ1n) is 6.16. The Balaban J connectivity index is 1.95. The molecule has 21 heavy (non-hydrogen) atoms. The zero-order valence-corrected chi connectivity index (χ0v) is 11.5. The molecule has 0 N–H and O–H groups in total. The van der Waals surface area contributed by atoms with Crippen molar-refractivity contribution in [3.63, 3.8) is 0 Å². The molecule has 0 bridgehead atoms. The van der Waals surface area contributed by atoms with Gasteiger partial charge in [-0.2, -0.15) is 0 Å². The quantitative estimate of drug-likeness (QED) is 0.625. The van der Waals surface area contributed by atoms with Crippen molar-refractivity contribution in [3.05, 3.63) is 76.2 Å². The zero-order chi connectivity index (χ0) is 14.8. The number of hydrogen-bond acceptors (Lipinski definition) is 3. The van der Waals surface area contributed by atoms with Crippen LogP contribution in [0.1, 0.15) is 11.1 Å². The normalized spacial score (nSPS) is 16.0. The molecule has 0 saturated carbocycles. The molecule has 0 aliphatic carbocycles. The molecule has 3 nitrogen and oxygen atoms in total. The van der Waals surface area contributed by atoms with Crippen LogP contribution in [0.2, 0.25) is 5.02 Å². The first-order chi connectivity index (χ1) is 10.1. The summed E-state index contributed by atoms with van der Waals surface area (Å²) in [6, 6.07) is 12.7. The van der Waals surface area contributed by atoms with Crippen LogP contribution in [0.3, 0.4) is 0 Å². The van der Waals surface area contributed by atoms with Crippen molar-refractivity contribution in [2.75, 3.05) is 0 Å². The Hall–Kier alpha value is -2.46. The number of nitrogens with zero attached hydrogens (tertiary/aromatic N) is 1. The van der Waals surface area contributed by atoms with E-state index in [0.29, 0.717) is 10.6 Å². The fourth-order valence-corrected chi connectivity index (χ4v) is 2.11. The van der Waals surface area contributed by atoms with Gasteiger partial charge in [-0.3, -0.25) is 0 Å². The van der Waals surface area contributed by atoms with Crippen LogP contribution in [-0.4, -0.2) is 11.9 Å². The average Bonchev–Trinajstić information content (AvgIpc) is 2.80. The number of aliphatic imine (C=N–C) groups is 1. The second kappa shape index (κ2) is 5.50. The predicted octanol–water partition coefficient (Wildman–Crippen LogP) is 3.82. The minimum atomic E-state index is -0.575. The van der Waals surface area contributed by atoms with Crippen LogP contribution < -0.4 is 0 Å². The minimum Gasteiger partial charge on any atom is -0.402 e. The van der Waals surface area contributed by atoms with Crippen LogP contribution in [-0.2, 0) is 9.53 Å². The highest BCUT2D eigenvalue weighted by Gasteiger charge is 2.24. The Morgan fingerprint density at radius 3 is 2.71 bits per heavy atom. The van der Waals surface area contributed by atoms with Gasteiger partial charge in [0.1, 0.15) is 5.82 Å². The SMILES string of the molecule is O=C1OC(c2cccc(F)c2)=N/C1=C\c1cccc(Cl)c1. The van der Waals surface area contributed by atoms with Gasteiger partial charge in [-0.25, -0.2) is 14.2 Å². The lowest BCUT2D eigenvalue weighted by atomic mass is 10.2. The lowest BCUT2D eigenvalue weighted by molar-refractivity contribution is -0.129. The largest absolute Gasteiger partial charge is 0.402 e. The van der Waals surface area contributed by atoms with Crippen LogP contribution in [0.15, 0.2) is 59.2 Å². The Kier molecular flexibility index (Phi) is 3.54. The average molecular weight is 302 g/mol. The summed E-state index contributed by atoms with van der Waals surface area (Å²) in [5.41, 5.74) is 1.30. The van der Waals surface area contributed by atoms with Crippen LogP contribution in [0.4, 0.5) is 4.39 Å². The molecule has 1 heterocycles. The van der Waals surface area contributed by atoms with E-state index in [-0.39, 0.29) is 11.6 Å². The van der Waals surface area contributed by atoms with E-state index in [4.69, 9.17) is 16.3 Å². The summed E-state index contributed by atoms with van der Waals surface area (Å²) in [6.45, 7) is 0. The number of benzene rings is 2. The summed E-state index contributed by atoms with van der Waals surface area (Å²) < 4.78 is 18.2. The summed E-state index contributed by atoms with van der Waals surface area (Å²) >= 11 is 5.89. The summed E-state index contributed by atoms with van der Waals surface area (Å²) in [4.78, 5) is 15.9. The maximum Gasteiger partial charge on any atom is 0.363 e. The van der Waals surface area contributed by atoms with Gasteiger partial charge in [-0.15, -0.1) is 0 Å². The van der Waals surface area contributed by atoms with Crippen molar-refractivity contribution in [1.82, 2.24) is 0 Å². The fourth-order valence-electron chi connectivity index (χ4n) is 1.91. The Morgan fingerprint density at radius 2 is 1.95 bits per heavy atom. The molecule has 0 amide bonds. The van der Waals surface area contributed by atoms with Crippen molar-refractivity contribution in [1.29, 1.82) is 0 Å². The molecule has 0 fully saturated rings. The summed E-state index contributed by atoms with van der Waals surface area (Å²) in [7, 11) is 0. The van der Waals surface area contributed by atoms with Gasteiger partial charge in [0.2, 0.25) is 5.90 Å². The van der Waals surface area contributed by atoms with E-state index in [9.17, 15) is 9.18 Å². The smallest absolute Gasteiger partial charge is 0.363 e. The molecular weight excluding hydrogens is 293 g/mol. The molecule has 1 aliphatic heterocycles. The lowest BCUT2D eigenvalue weighted by Crippen LogP contribution is -2.05. The molecule has 0 atom stereocenters. The van der Waals surface area contributed by atoms with Crippen molar-refractivity contribution in [3.8, 4) is 0 Å². The third kappa shape index (κ3) is 3.01. The Morgan fingerprint density at radius 1 is 1.14 bits per heavy atom. The van der Waals surface area contributed by atoms with Gasteiger partial charge in [-0.05, 0) is 42.0 Å². The van der Waals surface area contributed by atoms with Crippen molar-refractivity contribution >= 4 is 29.5 Å². The summed E-state index contributed by atoms with van der Waals surface area (Å²) in [5, 5.41) is 0.560. The van der Waals surface area contributed by atoms with E-state index in [1.807, 2.05) is 0 Å². The van der Waals surface area contributed by atoms with Crippen molar-refractivity contribution < 1.29 is 13.9 Å². The molecule has 0 radical (unpaired) electrons. The lowest BCUT2D eigenvalue weighted by Gasteiger charge is -1.98. The molecular formula is C16H9ClFNO2. The summed E-state index contributed by atoms with van der Waals surface area (Å²) in [5.74, 6) is -0.902. The maximum atomic E-state index is 13.2. The number of carbonyl (C=O) groups excluding carboxylic acids is 1. The van der Waals surface area contributed by atoms with E-state index in [0.717, 1.165) is 5.56 Å². The predicted molar refractivity (Wildman–Crippen MR) is 78.5 cm³/mol. The first-order valence-corrected chi connectivity index (χ1v) is 6.54. The second-order valence-electron chi connectivity index (χ2n) is 4.40. The highest BCUT2D eigenvalue weighted by atomic mass is 35.5. The molecule has 0 aromatic heterocycles. The molecule has 1 aliphatic rings. The second-order valence-corrected chi connectivity index (χ2v) is 4.84. The molecule has 0 spiro atoms. The summed E-state index contributed by atoms with van der Waals surface area (Å²) in [6.07, 6.45) is 1.57. The highest BCUT2D eigenvalue weighted by molar-refractivity contribution is 6.30. The maximum absolute atomic E-state index is 13.2. The van der Waals surface area contributed by atoms with Crippen LogP contribution in [0, 0.1) is 5.82 Å².